The number of rotatable bonds is 5. The molecule has 1 atom stereocenters. The van der Waals surface area contributed by atoms with Gasteiger partial charge in [0.1, 0.15) is 16.7 Å². The van der Waals surface area contributed by atoms with E-state index >= 15 is 0 Å². The number of nitrogens with one attached hydrogen (secondary N) is 1. The van der Waals surface area contributed by atoms with Crippen molar-refractivity contribution in [3.8, 4) is 16.5 Å². The Morgan fingerprint density at radius 1 is 1.33 bits per heavy atom. The van der Waals surface area contributed by atoms with Crippen molar-refractivity contribution in [2.75, 3.05) is 18.6 Å². The molecular formula is C19H17N3O4S. The molecule has 1 aromatic carbocycles. The largest absolute Gasteiger partial charge is 0.495 e. The molecule has 0 spiro atoms. The molecule has 0 unspecified atom stereocenters. The van der Waals surface area contributed by atoms with Gasteiger partial charge in [-0.15, -0.1) is 11.3 Å². The number of amides is 2. The number of para-hydroxylation sites is 2. The van der Waals surface area contributed by atoms with Gasteiger partial charge >= 0.3 is 0 Å². The lowest BCUT2D eigenvalue weighted by molar-refractivity contribution is -0.118. The second kappa shape index (κ2) is 7.24. The summed E-state index contributed by atoms with van der Waals surface area (Å²) >= 11 is 1.22. The second-order valence-electron chi connectivity index (χ2n) is 5.98. The van der Waals surface area contributed by atoms with Gasteiger partial charge in [0.15, 0.2) is 10.8 Å². The smallest absolute Gasteiger partial charge is 0.263 e. The topological polar surface area (TPSA) is 84.7 Å². The molecule has 1 fully saturated rings. The van der Waals surface area contributed by atoms with E-state index in [2.05, 4.69) is 10.3 Å². The zero-order chi connectivity index (χ0) is 18.8. The molecule has 8 heteroatoms. The summed E-state index contributed by atoms with van der Waals surface area (Å²) in [5.41, 5.74) is 0.708. The van der Waals surface area contributed by atoms with Crippen molar-refractivity contribution in [1.82, 2.24) is 10.3 Å². The normalized spacial score (nSPS) is 16.6. The van der Waals surface area contributed by atoms with Crippen molar-refractivity contribution in [3.63, 3.8) is 0 Å². The molecule has 138 valence electrons. The number of thiazole rings is 1. The van der Waals surface area contributed by atoms with Crippen LogP contribution in [0.2, 0.25) is 0 Å². The Kier molecular flexibility index (Phi) is 4.64. The van der Waals surface area contributed by atoms with Gasteiger partial charge in [-0.3, -0.25) is 9.59 Å². The fourth-order valence-electron chi connectivity index (χ4n) is 3.03. The summed E-state index contributed by atoms with van der Waals surface area (Å²) in [6.07, 6.45) is 3.59. The Labute approximate surface area is 159 Å². The Bertz CT molecular complexity index is 967. The van der Waals surface area contributed by atoms with E-state index in [1.807, 2.05) is 24.3 Å². The Morgan fingerprint density at radius 2 is 2.19 bits per heavy atom. The highest BCUT2D eigenvalue weighted by Gasteiger charge is 2.35. The van der Waals surface area contributed by atoms with Crippen LogP contribution in [0.25, 0.3) is 10.8 Å². The van der Waals surface area contributed by atoms with Gasteiger partial charge in [0, 0.05) is 6.54 Å². The van der Waals surface area contributed by atoms with Gasteiger partial charge in [-0.2, -0.15) is 0 Å². The first kappa shape index (κ1) is 17.3. The molecule has 1 saturated heterocycles. The third-order valence-electron chi connectivity index (χ3n) is 4.35. The predicted octanol–water partition coefficient (Wildman–Crippen LogP) is 2.95. The van der Waals surface area contributed by atoms with Gasteiger partial charge in [0.05, 0.1) is 25.3 Å². The van der Waals surface area contributed by atoms with Crippen molar-refractivity contribution in [2.24, 2.45) is 0 Å². The average Bonchev–Trinajstić information content (AvgIpc) is 3.43. The number of hydrogen-bond donors (Lipinski definition) is 1. The minimum Gasteiger partial charge on any atom is -0.495 e. The molecule has 4 rings (SSSR count). The van der Waals surface area contributed by atoms with Gasteiger partial charge in [-0.25, -0.2) is 4.98 Å². The Hall–Kier alpha value is -3.13. The van der Waals surface area contributed by atoms with Gasteiger partial charge in [0.25, 0.3) is 5.91 Å². The van der Waals surface area contributed by atoms with Crippen LogP contribution in [0.4, 0.5) is 5.69 Å². The fraction of sp³-hybridized carbons (Fsp3) is 0.211. The number of carbonyl (C=O) groups excluding carboxylic acids is 2. The molecule has 0 saturated carbocycles. The number of furan rings is 1. The summed E-state index contributed by atoms with van der Waals surface area (Å²) in [5.74, 6) is 0.774. The van der Waals surface area contributed by atoms with E-state index in [1.165, 1.54) is 17.5 Å². The number of methoxy groups -OCH3 is 1. The van der Waals surface area contributed by atoms with Gasteiger partial charge in [-0.1, -0.05) is 12.1 Å². The van der Waals surface area contributed by atoms with Crippen LogP contribution >= 0.6 is 11.3 Å². The maximum Gasteiger partial charge on any atom is 0.263 e. The molecule has 27 heavy (non-hydrogen) atoms. The molecular weight excluding hydrogens is 366 g/mol. The molecule has 1 aliphatic rings. The van der Waals surface area contributed by atoms with Crippen LogP contribution in [0.3, 0.4) is 0 Å². The zero-order valence-corrected chi connectivity index (χ0v) is 15.4. The van der Waals surface area contributed by atoms with Crippen LogP contribution in [0.15, 0.2) is 53.3 Å². The number of carbonyl (C=O) groups is 2. The van der Waals surface area contributed by atoms with Crippen molar-refractivity contribution < 1.29 is 18.7 Å². The molecule has 2 aromatic heterocycles. The summed E-state index contributed by atoms with van der Waals surface area (Å²) in [5, 5.41) is 3.43. The molecule has 0 bridgehead atoms. The summed E-state index contributed by atoms with van der Waals surface area (Å²) in [7, 11) is 1.57. The van der Waals surface area contributed by atoms with Crippen LogP contribution in [-0.4, -0.2) is 36.5 Å². The number of nitrogens with zero attached hydrogens (tertiary/aromatic N) is 2. The maximum absolute atomic E-state index is 12.8. The average molecular weight is 383 g/mol. The second-order valence-corrected chi connectivity index (χ2v) is 7.01. The first-order valence-corrected chi connectivity index (χ1v) is 9.24. The molecule has 3 heterocycles. The number of aromatic nitrogens is 1. The van der Waals surface area contributed by atoms with Crippen molar-refractivity contribution in [3.05, 3.63) is 53.7 Å². The zero-order valence-electron chi connectivity index (χ0n) is 14.5. The van der Waals surface area contributed by atoms with E-state index < -0.39 is 6.04 Å². The van der Waals surface area contributed by atoms with Crippen LogP contribution in [0.5, 0.6) is 5.75 Å². The highest BCUT2D eigenvalue weighted by atomic mass is 32.1. The lowest BCUT2D eigenvalue weighted by Gasteiger charge is -2.19. The third kappa shape index (κ3) is 3.31. The molecule has 1 N–H and O–H groups in total. The van der Waals surface area contributed by atoms with Crippen molar-refractivity contribution in [2.45, 2.75) is 12.5 Å². The van der Waals surface area contributed by atoms with Gasteiger partial charge in [0.2, 0.25) is 5.91 Å². The van der Waals surface area contributed by atoms with E-state index in [4.69, 9.17) is 9.15 Å². The van der Waals surface area contributed by atoms with Gasteiger partial charge < -0.3 is 19.4 Å². The maximum atomic E-state index is 12.8. The van der Waals surface area contributed by atoms with Crippen LogP contribution in [-0.2, 0) is 4.79 Å². The number of anilines is 1. The van der Waals surface area contributed by atoms with Crippen LogP contribution < -0.4 is 15.0 Å². The van der Waals surface area contributed by atoms with E-state index in [9.17, 15) is 9.59 Å². The number of benzene rings is 1. The summed E-state index contributed by atoms with van der Waals surface area (Å²) in [6.45, 7) is 0.518. The summed E-state index contributed by atoms with van der Waals surface area (Å²) in [6, 6.07) is 10.3. The van der Waals surface area contributed by atoms with E-state index in [1.54, 1.807) is 30.4 Å². The number of hydrogen-bond acceptors (Lipinski definition) is 6. The minimum absolute atomic E-state index is 0.149. The molecule has 2 amide bonds. The Balaban J connectivity index is 1.46. The molecule has 0 radical (unpaired) electrons. The minimum atomic E-state index is -0.573. The molecule has 0 aliphatic carbocycles. The van der Waals surface area contributed by atoms with Gasteiger partial charge in [-0.05, 0) is 30.7 Å². The molecule has 7 nitrogen and oxygen atoms in total. The lowest BCUT2D eigenvalue weighted by Crippen LogP contribution is -2.41. The van der Waals surface area contributed by atoms with Crippen molar-refractivity contribution >= 4 is 28.8 Å². The predicted molar refractivity (Wildman–Crippen MR) is 101 cm³/mol. The lowest BCUT2D eigenvalue weighted by atomic mass is 10.2. The van der Waals surface area contributed by atoms with E-state index in [0.29, 0.717) is 40.0 Å². The highest BCUT2D eigenvalue weighted by Crippen LogP contribution is 2.31. The first-order chi connectivity index (χ1) is 13.2. The van der Waals surface area contributed by atoms with E-state index in [0.717, 1.165) is 0 Å². The highest BCUT2D eigenvalue weighted by molar-refractivity contribution is 7.16. The standard InChI is InChI=1S/C19H17N3O4S/c1-25-14-6-3-2-5-13(14)22-9-8-12(19(22)24)21-17(23)16-11-20-18(27-16)15-7-4-10-26-15/h2-7,10-12H,8-9H2,1H3,(H,21,23)/t12-/m1/s1. The molecule has 1 aliphatic heterocycles. The monoisotopic (exact) mass is 383 g/mol. The van der Waals surface area contributed by atoms with Crippen LogP contribution in [0.1, 0.15) is 16.1 Å². The summed E-state index contributed by atoms with van der Waals surface area (Å²) in [4.78, 5) is 31.6. The first-order valence-electron chi connectivity index (χ1n) is 8.42. The SMILES string of the molecule is COc1ccccc1N1CC[C@@H](NC(=O)c2cnc(-c3ccco3)s2)C1=O. The Morgan fingerprint density at radius 3 is 2.96 bits per heavy atom. The van der Waals surface area contributed by atoms with E-state index in [-0.39, 0.29) is 11.8 Å². The summed E-state index contributed by atoms with van der Waals surface area (Å²) < 4.78 is 10.6. The fourth-order valence-corrected chi connectivity index (χ4v) is 3.82. The number of ether oxygens (including phenoxy) is 1. The quantitative estimate of drug-likeness (QED) is 0.732. The van der Waals surface area contributed by atoms with Crippen molar-refractivity contribution in [1.29, 1.82) is 0 Å². The molecule has 3 aromatic rings. The third-order valence-corrected chi connectivity index (χ3v) is 5.36. The van der Waals surface area contributed by atoms with Crippen LogP contribution in [0, 0.1) is 0 Å².